The molecule has 0 saturated carbocycles. The molecule has 6 nitrogen and oxygen atoms in total. The number of aliphatic carboxylic acids is 2. The summed E-state index contributed by atoms with van der Waals surface area (Å²) in [5.41, 5.74) is 0. The molecule has 0 unspecified atom stereocenters. The van der Waals surface area contributed by atoms with E-state index in [1.165, 1.54) is 4.90 Å². The van der Waals surface area contributed by atoms with E-state index in [-0.39, 0.29) is 5.84 Å². The van der Waals surface area contributed by atoms with Gasteiger partial charge in [0.1, 0.15) is 5.84 Å². The lowest BCUT2D eigenvalue weighted by Gasteiger charge is -2.22. The normalized spacial score (nSPS) is 10.3. The quantitative estimate of drug-likeness (QED) is 0.241. The Bertz CT molecular complexity index is 361. The maximum absolute atomic E-state index is 9.55. The van der Waals surface area contributed by atoms with Crippen molar-refractivity contribution in [2.24, 2.45) is 0 Å². The Morgan fingerprint density at radius 3 is 1.84 bits per heavy atom. The SMILES string of the molecule is C=CCN(C)C(=N)C(Cl)(Cl)Cl.O=C(O)/C=C\C(=O)O. The highest BCUT2D eigenvalue weighted by molar-refractivity contribution is 6.76. The van der Waals surface area contributed by atoms with Gasteiger partial charge in [0.15, 0.2) is 0 Å². The van der Waals surface area contributed by atoms with Gasteiger partial charge < -0.3 is 15.1 Å². The summed E-state index contributed by atoms with van der Waals surface area (Å²) in [6.07, 6.45) is 2.75. The van der Waals surface area contributed by atoms with Crippen molar-refractivity contribution in [2.45, 2.75) is 3.79 Å². The van der Waals surface area contributed by atoms with Gasteiger partial charge in [-0.05, 0) is 0 Å². The summed E-state index contributed by atoms with van der Waals surface area (Å²) >= 11 is 16.3. The molecule has 0 aromatic heterocycles. The largest absolute Gasteiger partial charge is 0.478 e. The van der Waals surface area contributed by atoms with Crippen molar-refractivity contribution in [3.05, 3.63) is 24.8 Å². The van der Waals surface area contributed by atoms with Gasteiger partial charge in [-0.1, -0.05) is 40.9 Å². The van der Waals surface area contributed by atoms with Crippen molar-refractivity contribution in [3.8, 4) is 0 Å². The molecule has 0 rings (SSSR count). The molecular formula is C10H13Cl3N2O4. The lowest BCUT2D eigenvalue weighted by atomic mass is 10.5. The van der Waals surface area contributed by atoms with Crippen molar-refractivity contribution in [2.75, 3.05) is 13.6 Å². The van der Waals surface area contributed by atoms with Crippen molar-refractivity contribution < 1.29 is 19.8 Å². The zero-order chi connectivity index (χ0) is 15.6. The fourth-order valence-corrected chi connectivity index (χ4v) is 1.08. The summed E-state index contributed by atoms with van der Waals surface area (Å²) in [7, 11) is 1.66. The molecule has 108 valence electrons. The second kappa shape index (κ2) is 9.66. The number of nitrogens with one attached hydrogen (secondary N) is 1. The number of carbonyl (C=O) groups is 2. The summed E-state index contributed by atoms with van der Waals surface area (Å²) in [5, 5.41) is 23.0. The number of alkyl halides is 3. The Balaban J connectivity index is 0. The zero-order valence-electron chi connectivity index (χ0n) is 9.94. The summed E-state index contributed by atoms with van der Waals surface area (Å²) < 4.78 is -1.64. The maximum Gasteiger partial charge on any atom is 0.328 e. The van der Waals surface area contributed by atoms with Gasteiger partial charge in [0.25, 0.3) is 0 Å². The summed E-state index contributed by atoms with van der Waals surface area (Å²) in [5.74, 6) is -2.57. The molecule has 9 heteroatoms. The number of amidine groups is 1. The van der Waals surface area contributed by atoms with E-state index in [1.54, 1.807) is 13.1 Å². The van der Waals surface area contributed by atoms with E-state index in [1.807, 2.05) is 0 Å². The standard InChI is InChI=1S/C6H9Cl3N2.C4H4O4/c1-3-4-11(2)5(10)6(7,8)9;5-3(6)1-2-4(7)8/h3,10H,1,4H2,2H3;1-2H,(H,5,6)(H,7,8)/b;2-1-. The molecule has 0 aromatic rings. The van der Waals surface area contributed by atoms with Gasteiger partial charge in [-0.25, -0.2) is 9.59 Å². The number of hydrogen-bond donors (Lipinski definition) is 3. The predicted molar refractivity (Wildman–Crippen MR) is 75.3 cm³/mol. The Hall–Kier alpha value is -1.24. The highest BCUT2D eigenvalue weighted by Gasteiger charge is 2.28. The third-order valence-electron chi connectivity index (χ3n) is 1.42. The number of hydrogen-bond acceptors (Lipinski definition) is 3. The number of rotatable bonds is 4. The van der Waals surface area contributed by atoms with Gasteiger partial charge in [-0.2, -0.15) is 0 Å². The van der Waals surface area contributed by atoms with Crippen molar-refractivity contribution in [3.63, 3.8) is 0 Å². The number of carboxylic acid groups (broad SMARTS) is 2. The summed E-state index contributed by atoms with van der Waals surface area (Å²) in [4.78, 5) is 20.6. The molecule has 0 radical (unpaired) electrons. The van der Waals surface area contributed by atoms with Crippen molar-refractivity contribution in [1.82, 2.24) is 4.90 Å². The number of nitrogens with zero attached hydrogens (tertiary/aromatic N) is 1. The lowest BCUT2D eigenvalue weighted by Crippen LogP contribution is -2.35. The molecule has 0 atom stereocenters. The second-order valence-electron chi connectivity index (χ2n) is 3.03. The van der Waals surface area contributed by atoms with E-state index in [2.05, 4.69) is 6.58 Å². The Morgan fingerprint density at radius 2 is 1.63 bits per heavy atom. The second-order valence-corrected chi connectivity index (χ2v) is 5.31. The van der Waals surface area contributed by atoms with E-state index >= 15 is 0 Å². The average molecular weight is 332 g/mol. The first-order valence-electron chi connectivity index (χ1n) is 4.64. The topological polar surface area (TPSA) is 102 Å². The number of likely N-dealkylation sites (N-methyl/N-ethyl adjacent to an activating group) is 1. The minimum Gasteiger partial charge on any atom is -0.478 e. The Kier molecular flexibility index (Phi) is 10.2. The van der Waals surface area contributed by atoms with Crippen LogP contribution in [-0.4, -0.2) is 50.3 Å². The fourth-order valence-electron chi connectivity index (χ4n) is 0.644. The third-order valence-corrected chi connectivity index (χ3v) is 1.96. The van der Waals surface area contributed by atoms with E-state index in [0.29, 0.717) is 18.7 Å². The van der Waals surface area contributed by atoms with Crippen molar-refractivity contribution >= 4 is 52.6 Å². The van der Waals surface area contributed by atoms with Crippen LogP contribution < -0.4 is 0 Å². The van der Waals surface area contributed by atoms with E-state index < -0.39 is 15.7 Å². The van der Waals surface area contributed by atoms with E-state index in [4.69, 9.17) is 50.4 Å². The molecule has 0 aliphatic heterocycles. The molecule has 0 saturated heterocycles. The molecule has 0 aliphatic rings. The van der Waals surface area contributed by atoms with E-state index in [0.717, 1.165) is 0 Å². The number of carboxylic acids is 2. The van der Waals surface area contributed by atoms with Crippen LogP contribution in [0.15, 0.2) is 24.8 Å². The highest BCUT2D eigenvalue weighted by Crippen LogP contribution is 2.28. The average Bonchev–Trinajstić information content (AvgIpc) is 2.25. The first-order valence-corrected chi connectivity index (χ1v) is 5.77. The van der Waals surface area contributed by atoms with Gasteiger partial charge in [0.05, 0.1) is 0 Å². The third kappa shape index (κ3) is 13.0. The number of halogens is 3. The van der Waals surface area contributed by atoms with Crippen LogP contribution in [0.5, 0.6) is 0 Å². The smallest absolute Gasteiger partial charge is 0.328 e. The van der Waals surface area contributed by atoms with Crippen LogP contribution in [0.1, 0.15) is 0 Å². The van der Waals surface area contributed by atoms with Gasteiger partial charge in [0, 0.05) is 25.7 Å². The van der Waals surface area contributed by atoms with Gasteiger partial charge in [-0.15, -0.1) is 6.58 Å². The molecule has 0 amide bonds. The van der Waals surface area contributed by atoms with Gasteiger partial charge in [0.2, 0.25) is 3.79 Å². The monoisotopic (exact) mass is 330 g/mol. The lowest BCUT2D eigenvalue weighted by molar-refractivity contribution is -0.134. The van der Waals surface area contributed by atoms with Crippen LogP contribution >= 0.6 is 34.8 Å². The summed E-state index contributed by atoms with van der Waals surface area (Å²) in [6, 6.07) is 0. The molecule has 0 aromatic carbocycles. The highest BCUT2D eigenvalue weighted by atomic mass is 35.6. The minimum absolute atomic E-state index is 0.0533. The Morgan fingerprint density at radius 1 is 1.26 bits per heavy atom. The molecule has 19 heavy (non-hydrogen) atoms. The molecule has 3 N–H and O–H groups in total. The zero-order valence-corrected chi connectivity index (χ0v) is 12.2. The van der Waals surface area contributed by atoms with Crippen LogP contribution in [0.3, 0.4) is 0 Å². The van der Waals surface area contributed by atoms with Gasteiger partial charge in [-0.3, -0.25) is 5.41 Å². The molecule has 0 spiro atoms. The molecule has 0 bridgehead atoms. The fraction of sp³-hybridized carbons (Fsp3) is 0.300. The van der Waals surface area contributed by atoms with Gasteiger partial charge >= 0.3 is 11.9 Å². The van der Waals surface area contributed by atoms with Crippen LogP contribution in [0.2, 0.25) is 0 Å². The van der Waals surface area contributed by atoms with Crippen molar-refractivity contribution in [1.29, 1.82) is 5.41 Å². The molecular weight excluding hydrogens is 318 g/mol. The minimum atomic E-state index is -1.64. The summed E-state index contributed by atoms with van der Waals surface area (Å²) in [6.45, 7) is 3.99. The molecule has 0 heterocycles. The molecule has 0 aliphatic carbocycles. The Labute approximate surface area is 125 Å². The maximum atomic E-state index is 9.55. The molecule has 0 fully saturated rings. The first kappa shape index (κ1) is 20.1. The first-order chi connectivity index (χ1) is 8.52. The van der Waals surface area contributed by atoms with Crippen LogP contribution in [0.4, 0.5) is 0 Å². The van der Waals surface area contributed by atoms with Crippen LogP contribution in [0.25, 0.3) is 0 Å². The van der Waals surface area contributed by atoms with Crippen LogP contribution in [0, 0.1) is 5.41 Å². The van der Waals surface area contributed by atoms with Crippen LogP contribution in [-0.2, 0) is 9.59 Å². The van der Waals surface area contributed by atoms with E-state index in [9.17, 15) is 9.59 Å². The predicted octanol–water partition coefficient (Wildman–Crippen LogP) is 2.16.